The Morgan fingerprint density at radius 2 is 1.46 bits per heavy atom. The molecule has 1 aromatic rings. The Bertz CT molecular complexity index is 532. The molecule has 1 heterocycles. The zero-order chi connectivity index (χ0) is 18.6. The van der Waals surface area contributed by atoms with Gasteiger partial charge in [-0.15, -0.1) is 0 Å². The minimum atomic E-state index is -0.402. The molecule has 1 amide bonds. The highest BCUT2D eigenvalue weighted by Crippen LogP contribution is 2.34. The molecule has 4 heteroatoms. The summed E-state index contributed by atoms with van der Waals surface area (Å²) < 4.78 is 6.05. The van der Waals surface area contributed by atoms with Crippen molar-refractivity contribution >= 4 is 5.91 Å². The first-order valence-corrected chi connectivity index (χ1v) is 10.5. The second-order valence-corrected chi connectivity index (χ2v) is 7.10. The fourth-order valence-corrected chi connectivity index (χ4v) is 3.31. The van der Waals surface area contributed by atoms with E-state index in [2.05, 4.69) is 13.8 Å². The maximum atomic E-state index is 12.7. The number of carbonyl (C=O) groups is 1. The quantitative estimate of drug-likeness (QED) is 0.380. The van der Waals surface area contributed by atoms with Crippen molar-refractivity contribution in [1.29, 1.82) is 0 Å². The number of hydrogen-bond acceptors (Lipinski definition) is 3. The van der Waals surface area contributed by atoms with E-state index in [1.807, 2.05) is 24.3 Å². The highest BCUT2D eigenvalue weighted by atomic mass is 16.7. The van der Waals surface area contributed by atoms with E-state index in [4.69, 9.17) is 9.57 Å². The van der Waals surface area contributed by atoms with Crippen LogP contribution in [0.1, 0.15) is 100 Å². The molecule has 0 aromatic heterocycles. The van der Waals surface area contributed by atoms with Crippen molar-refractivity contribution < 1.29 is 14.4 Å². The van der Waals surface area contributed by atoms with E-state index in [9.17, 15) is 4.79 Å². The van der Waals surface area contributed by atoms with Crippen molar-refractivity contribution in [3.05, 3.63) is 35.4 Å². The number of rotatable bonds is 14. The number of unbranched alkanes of at least 4 members (excludes halogenated alkanes) is 8. The van der Waals surface area contributed by atoms with Gasteiger partial charge in [-0.25, -0.2) is 0 Å². The molecule has 0 aliphatic carbocycles. The smallest absolute Gasteiger partial charge is 0.280 e. The normalized spacial score (nSPS) is 16.3. The second kappa shape index (κ2) is 12.1. The molecule has 0 radical (unpaired) electrons. The molecular formula is C22H35NO3. The molecule has 4 nitrogen and oxygen atoms in total. The third-order valence-corrected chi connectivity index (χ3v) is 4.87. The Labute approximate surface area is 158 Å². The molecular weight excluding hydrogens is 326 g/mol. The lowest BCUT2D eigenvalue weighted by molar-refractivity contribution is -0.216. The molecule has 2 rings (SSSR count). The minimum Gasteiger partial charge on any atom is -0.352 e. The highest BCUT2D eigenvalue weighted by molar-refractivity contribution is 5.98. The van der Waals surface area contributed by atoms with Gasteiger partial charge in [0.25, 0.3) is 5.91 Å². The average molecular weight is 362 g/mol. The van der Waals surface area contributed by atoms with Gasteiger partial charge in [-0.2, -0.15) is 5.06 Å². The first-order valence-electron chi connectivity index (χ1n) is 10.5. The zero-order valence-electron chi connectivity index (χ0n) is 16.5. The van der Waals surface area contributed by atoms with E-state index < -0.39 is 6.23 Å². The molecule has 1 aliphatic rings. The average Bonchev–Trinajstić information content (AvgIpc) is 2.93. The Morgan fingerprint density at radius 3 is 2.23 bits per heavy atom. The van der Waals surface area contributed by atoms with Crippen LogP contribution in [0, 0.1) is 0 Å². The van der Waals surface area contributed by atoms with E-state index in [1.165, 1.54) is 43.6 Å². The summed E-state index contributed by atoms with van der Waals surface area (Å²) in [5, 5.41) is 1.45. The molecule has 1 unspecified atom stereocenters. The summed E-state index contributed by atoms with van der Waals surface area (Å²) in [7, 11) is 0. The number of amides is 1. The van der Waals surface area contributed by atoms with Crippen molar-refractivity contribution in [1.82, 2.24) is 5.06 Å². The SMILES string of the molecule is CCCCCCCCON1C(=O)c2ccccc2C1OCCCCCC. The van der Waals surface area contributed by atoms with E-state index in [0.29, 0.717) is 18.8 Å². The number of hydroxylamine groups is 2. The van der Waals surface area contributed by atoms with Gasteiger partial charge >= 0.3 is 0 Å². The maximum absolute atomic E-state index is 12.7. The predicted octanol–water partition coefficient (Wildman–Crippen LogP) is 6.03. The lowest BCUT2D eigenvalue weighted by Gasteiger charge is -2.24. The monoisotopic (exact) mass is 361 g/mol. The summed E-state index contributed by atoms with van der Waals surface area (Å²) in [4.78, 5) is 18.5. The largest absolute Gasteiger partial charge is 0.352 e. The van der Waals surface area contributed by atoms with Gasteiger partial charge in [-0.3, -0.25) is 9.63 Å². The van der Waals surface area contributed by atoms with Crippen molar-refractivity contribution in [2.45, 2.75) is 84.3 Å². The van der Waals surface area contributed by atoms with Crippen LogP contribution in [0.15, 0.2) is 24.3 Å². The van der Waals surface area contributed by atoms with Crippen LogP contribution in [-0.4, -0.2) is 24.2 Å². The molecule has 1 atom stereocenters. The summed E-state index contributed by atoms with van der Waals surface area (Å²) in [6.07, 6.45) is 11.4. The third-order valence-electron chi connectivity index (χ3n) is 4.87. The van der Waals surface area contributed by atoms with Gasteiger partial charge < -0.3 is 4.74 Å². The van der Waals surface area contributed by atoms with Gasteiger partial charge in [0.05, 0.1) is 6.61 Å². The molecule has 0 N–H and O–H groups in total. The van der Waals surface area contributed by atoms with Crippen LogP contribution in [0.2, 0.25) is 0 Å². The van der Waals surface area contributed by atoms with Crippen molar-refractivity contribution in [2.24, 2.45) is 0 Å². The Balaban J connectivity index is 1.83. The predicted molar refractivity (Wildman–Crippen MR) is 105 cm³/mol. The van der Waals surface area contributed by atoms with Gasteiger partial charge in [-0.05, 0) is 18.9 Å². The van der Waals surface area contributed by atoms with Crippen LogP contribution in [-0.2, 0) is 9.57 Å². The molecule has 0 saturated carbocycles. The summed E-state index contributed by atoms with van der Waals surface area (Å²) in [6, 6.07) is 7.68. The molecule has 1 aromatic carbocycles. The number of benzene rings is 1. The summed E-state index contributed by atoms with van der Waals surface area (Å²) in [6.45, 7) is 5.65. The molecule has 0 fully saturated rings. The van der Waals surface area contributed by atoms with Crippen molar-refractivity contribution in [3.63, 3.8) is 0 Å². The number of nitrogens with zero attached hydrogens (tertiary/aromatic N) is 1. The van der Waals surface area contributed by atoms with E-state index >= 15 is 0 Å². The summed E-state index contributed by atoms with van der Waals surface area (Å²) in [5.41, 5.74) is 1.63. The standard InChI is InChI=1S/C22H35NO3/c1-3-5-7-9-10-14-18-26-23-21(24)19-15-11-12-16-20(19)22(23)25-17-13-8-6-4-2/h11-12,15-16,22H,3-10,13-14,17-18H2,1-2H3. The van der Waals surface area contributed by atoms with Crippen LogP contribution >= 0.6 is 0 Å². The topological polar surface area (TPSA) is 38.8 Å². The molecule has 146 valence electrons. The third kappa shape index (κ3) is 6.10. The van der Waals surface area contributed by atoms with Gasteiger partial charge in [-0.1, -0.05) is 83.4 Å². The molecule has 1 aliphatic heterocycles. The van der Waals surface area contributed by atoms with Crippen LogP contribution in [0.5, 0.6) is 0 Å². The molecule has 0 spiro atoms. The second-order valence-electron chi connectivity index (χ2n) is 7.10. The molecule has 0 saturated heterocycles. The highest BCUT2D eigenvalue weighted by Gasteiger charge is 2.38. The van der Waals surface area contributed by atoms with Crippen LogP contribution in [0.3, 0.4) is 0 Å². The van der Waals surface area contributed by atoms with Crippen molar-refractivity contribution in [2.75, 3.05) is 13.2 Å². The number of carbonyl (C=O) groups excluding carboxylic acids is 1. The zero-order valence-corrected chi connectivity index (χ0v) is 16.5. The van der Waals surface area contributed by atoms with Gasteiger partial charge in [0.1, 0.15) is 0 Å². The lowest BCUT2D eigenvalue weighted by atomic mass is 10.1. The maximum Gasteiger partial charge on any atom is 0.280 e. The van der Waals surface area contributed by atoms with Crippen molar-refractivity contribution in [3.8, 4) is 0 Å². The number of ether oxygens (including phenoxy) is 1. The Kier molecular flexibility index (Phi) is 9.72. The molecule has 0 bridgehead atoms. The Morgan fingerprint density at radius 1 is 0.846 bits per heavy atom. The van der Waals surface area contributed by atoms with Crippen LogP contribution in [0.4, 0.5) is 0 Å². The van der Waals surface area contributed by atoms with Gasteiger partial charge in [0.15, 0.2) is 6.23 Å². The number of fused-ring (bicyclic) bond motifs is 1. The summed E-state index contributed by atoms with van der Waals surface area (Å²) in [5.74, 6) is -0.0786. The summed E-state index contributed by atoms with van der Waals surface area (Å²) >= 11 is 0. The fraction of sp³-hybridized carbons (Fsp3) is 0.682. The van der Waals surface area contributed by atoms with E-state index in [-0.39, 0.29) is 5.91 Å². The Hall–Kier alpha value is -1.39. The van der Waals surface area contributed by atoms with Gasteiger partial charge in [0.2, 0.25) is 0 Å². The van der Waals surface area contributed by atoms with Crippen LogP contribution < -0.4 is 0 Å². The molecule has 26 heavy (non-hydrogen) atoms. The first kappa shape index (κ1) is 20.9. The first-order chi connectivity index (χ1) is 12.8. The van der Waals surface area contributed by atoms with Crippen LogP contribution in [0.25, 0.3) is 0 Å². The van der Waals surface area contributed by atoms with E-state index in [1.54, 1.807) is 0 Å². The number of hydrogen-bond donors (Lipinski definition) is 0. The van der Waals surface area contributed by atoms with E-state index in [0.717, 1.165) is 31.2 Å². The minimum absolute atomic E-state index is 0.0786. The van der Waals surface area contributed by atoms with Gasteiger partial charge in [0, 0.05) is 17.7 Å². The lowest BCUT2D eigenvalue weighted by Crippen LogP contribution is -2.30. The fourth-order valence-electron chi connectivity index (χ4n) is 3.31.